The van der Waals surface area contributed by atoms with E-state index in [9.17, 15) is 9.18 Å². The molecule has 1 aromatic carbocycles. The number of rotatable bonds is 7. The van der Waals surface area contributed by atoms with Gasteiger partial charge in [-0.3, -0.25) is 4.79 Å². The molecule has 106 valence electrons. The van der Waals surface area contributed by atoms with Crippen LogP contribution in [0.5, 0.6) is 0 Å². The first kappa shape index (κ1) is 14.7. The summed E-state index contributed by atoms with van der Waals surface area (Å²) in [4.78, 5) is 12.5. The summed E-state index contributed by atoms with van der Waals surface area (Å²) < 4.78 is 13.4. The van der Waals surface area contributed by atoms with Crippen LogP contribution in [0.1, 0.15) is 15.3 Å². The van der Waals surface area contributed by atoms with Crippen molar-refractivity contribution in [3.05, 3.63) is 57.5 Å². The molecule has 0 aliphatic heterocycles. The number of thiophene rings is 1. The van der Waals surface area contributed by atoms with E-state index in [-0.39, 0.29) is 12.2 Å². The molecule has 0 fully saturated rings. The minimum atomic E-state index is -0.814. The third-order valence-corrected chi connectivity index (χ3v) is 3.96. The van der Waals surface area contributed by atoms with Gasteiger partial charge in [0.15, 0.2) is 0 Å². The van der Waals surface area contributed by atoms with Crippen LogP contribution < -0.4 is 5.32 Å². The summed E-state index contributed by atoms with van der Waals surface area (Å²) in [5.74, 6) is -0.986. The second-order valence-corrected chi connectivity index (χ2v) is 5.71. The van der Waals surface area contributed by atoms with Crippen molar-refractivity contribution in [3.8, 4) is 0 Å². The number of carboxylic acids is 1. The van der Waals surface area contributed by atoms with Gasteiger partial charge in [-0.2, -0.15) is 0 Å². The van der Waals surface area contributed by atoms with Gasteiger partial charge in [-0.15, -0.1) is 11.3 Å². The quantitative estimate of drug-likeness (QED) is 0.772. The third-order valence-electron chi connectivity index (χ3n) is 2.87. The summed E-state index contributed by atoms with van der Waals surface area (Å²) in [5, 5.41) is 11.9. The van der Waals surface area contributed by atoms with Crippen molar-refractivity contribution < 1.29 is 14.3 Å². The number of halogens is 1. The maximum Gasteiger partial charge on any atom is 0.308 e. The molecule has 0 atom stereocenters. The van der Waals surface area contributed by atoms with Crippen molar-refractivity contribution in [3.63, 3.8) is 0 Å². The molecule has 5 heteroatoms. The maximum atomic E-state index is 13.4. The van der Waals surface area contributed by atoms with Crippen LogP contribution >= 0.6 is 11.3 Å². The average molecular weight is 293 g/mol. The molecule has 0 radical (unpaired) electrons. The fraction of sp³-hybridized carbons (Fsp3) is 0.267. The van der Waals surface area contributed by atoms with E-state index in [4.69, 9.17) is 5.11 Å². The minimum Gasteiger partial charge on any atom is -0.481 e. The Balaban J connectivity index is 1.75. The first-order valence-electron chi connectivity index (χ1n) is 6.38. The molecule has 0 aliphatic rings. The Morgan fingerprint density at radius 2 is 1.95 bits per heavy atom. The van der Waals surface area contributed by atoms with Crippen LogP contribution in [0.15, 0.2) is 36.4 Å². The lowest BCUT2D eigenvalue weighted by Crippen LogP contribution is -2.16. The molecule has 20 heavy (non-hydrogen) atoms. The third kappa shape index (κ3) is 4.43. The number of carbonyl (C=O) groups is 1. The SMILES string of the molecule is O=C(O)Cc1ccc(CNCCc2ccccc2F)s1. The number of hydrogen-bond donors (Lipinski definition) is 2. The minimum absolute atomic E-state index is 0.0693. The molecule has 0 saturated heterocycles. The Morgan fingerprint density at radius 1 is 1.20 bits per heavy atom. The van der Waals surface area contributed by atoms with E-state index in [1.165, 1.54) is 17.4 Å². The Hall–Kier alpha value is -1.72. The summed E-state index contributed by atoms with van der Waals surface area (Å²) in [6.07, 6.45) is 0.708. The van der Waals surface area contributed by atoms with Crippen LogP contribution in [0, 0.1) is 5.82 Å². The molecule has 0 spiro atoms. The monoisotopic (exact) mass is 293 g/mol. The zero-order valence-electron chi connectivity index (χ0n) is 10.9. The van der Waals surface area contributed by atoms with Gasteiger partial charge in [0.2, 0.25) is 0 Å². The summed E-state index contributed by atoms with van der Waals surface area (Å²) >= 11 is 1.49. The van der Waals surface area contributed by atoms with Crippen LogP contribution in [0.3, 0.4) is 0 Å². The number of hydrogen-bond acceptors (Lipinski definition) is 3. The van der Waals surface area contributed by atoms with E-state index in [1.807, 2.05) is 18.2 Å². The van der Waals surface area contributed by atoms with Crippen molar-refractivity contribution >= 4 is 17.3 Å². The Bertz CT molecular complexity index is 583. The highest BCUT2D eigenvalue weighted by Gasteiger charge is 2.05. The van der Waals surface area contributed by atoms with Gasteiger partial charge in [-0.25, -0.2) is 4.39 Å². The van der Waals surface area contributed by atoms with Crippen molar-refractivity contribution in [2.24, 2.45) is 0 Å². The Morgan fingerprint density at radius 3 is 2.70 bits per heavy atom. The van der Waals surface area contributed by atoms with E-state index in [2.05, 4.69) is 5.32 Å². The topological polar surface area (TPSA) is 49.3 Å². The predicted molar refractivity (Wildman–Crippen MR) is 77.5 cm³/mol. The van der Waals surface area contributed by atoms with Crippen LogP contribution in [0.4, 0.5) is 4.39 Å². The Kier molecular flexibility index (Phi) is 5.26. The molecule has 2 rings (SSSR count). The summed E-state index contributed by atoms with van der Waals surface area (Å²) in [6.45, 7) is 1.37. The lowest BCUT2D eigenvalue weighted by molar-refractivity contribution is -0.136. The fourth-order valence-corrected chi connectivity index (χ4v) is 2.88. The molecular weight excluding hydrogens is 277 g/mol. The Labute approximate surface area is 121 Å². The lowest BCUT2D eigenvalue weighted by atomic mass is 10.1. The molecular formula is C15H16FNO2S. The predicted octanol–water partition coefficient (Wildman–Crippen LogP) is 2.85. The lowest BCUT2D eigenvalue weighted by Gasteiger charge is -2.04. The highest BCUT2D eigenvalue weighted by molar-refractivity contribution is 7.12. The van der Waals surface area contributed by atoms with Gasteiger partial charge >= 0.3 is 5.97 Å². The fourth-order valence-electron chi connectivity index (χ4n) is 1.90. The van der Waals surface area contributed by atoms with E-state index in [0.29, 0.717) is 25.1 Å². The van der Waals surface area contributed by atoms with Crippen LogP contribution in [-0.2, 0) is 24.2 Å². The van der Waals surface area contributed by atoms with Gasteiger partial charge in [-0.1, -0.05) is 18.2 Å². The molecule has 1 heterocycles. The van der Waals surface area contributed by atoms with Crippen molar-refractivity contribution in [1.82, 2.24) is 5.32 Å². The molecule has 0 amide bonds. The van der Waals surface area contributed by atoms with Crippen molar-refractivity contribution in [2.75, 3.05) is 6.54 Å². The molecule has 0 aliphatic carbocycles. The van der Waals surface area contributed by atoms with Gasteiger partial charge in [0, 0.05) is 16.3 Å². The second-order valence-electron chi connectivity index (χ2n) is 4.46. The normalized spacial score (nSPS) is 10.7. The zero-order chi connectivity index (χ0) is 14.4. The number of benzene rings is 1. The van der Waals surface area contributed by atoms with Gasteiger partial charge in [0.05, 0.1) is 6.42 Å². The van der Waals surface area contributed by atoms with Gasteiger partial charge < -0.3 is 10.4 Å². The maximum absolute atomic E-state index is 13.4. The van der Waals surface area contributed by atoms with Crippen molar-refractivity contribution in [1.29, 1.82) is 0 Å². The van der Waals surface area contributed by atoms with E-state index in [0.717, 1.165) is 9.75 Å². The smallest absolute Gasteiger partial charge is 0.308 e. The molecule has 0 saturated carbocycles. The zero-order valence-corrected chi connectivity index (χ0v) is 11.8. The molecule has 0 bridgehead atoms. The molecule has 2 aromatic rings. The molecule has 0 unspecified atom stereocenters. The average Bonchev–Trinajstić information content (AvgIpc) is 2.83. The molecule has 3 nitrogen and oxygen atoms in total. The van der Waals surface area contributed by atoms with E-state index >= 15 is 0 Å². The number of nitrogens with one attached hydrogen (secondary N) is 1. The number of aliphatic carboxylic acids is 1. The van der Waals surface area contributed by atoms with Crippen LogP contribution in [-0.4, -0.2) is 17.6 Å². The van der Waals surface area contributed by atoms with Gasteiger partial charge in [-0.05, 0) is 36.7 Å². The summed E-state index contributed by atoms with van der Waals surface area (Å²) in [7, 11) is 0. The first-order valence-corrected chi connectivity index (χ1v) is 7.20. The van der Waals surface area contributed by atoms with Gasteiger partial charge in [0.1, 0.15) is 5.82 Å². The second kappa shape index (κ2) is 7.17. The van der Waals surface area contributed by atoms with E-state index < -0.39 is 5.97 Å². The first-order chi connectivity index (χ1) is 9.65. The largest absolute Gasteiger partial charge is 0.481 e. The number of carboxylic acid groups (broad SMARTS) is 1. The summed E-state index contributed by atoms with van der Waals surface area (Å²) in [5.41, 5.74) is 0.706. The standard InChI is InChI=1S/C15H16FNO2S/c16-14-4-2-1-3-11(14)7-8-17-10-13-6-5-12(20-13)9-15(18)19/h1-6,17H,7-10H2,(H,18,19). The molecule has 1 aromatic heterocycles. The van der Waals surface area contributed by atoms with E-state index in [1.54, 1.807) is 12.1 Å². The van der Waals surface area contributed by atoms with Crippen molar-refractivity contribution in [2.45, 2.75) is 19.4 Å². The van der Waals surface area contributed by atoms with Gasteiger partial charge in [0.25, 0.3) is 0 Å². The molecule has 2 N–H and O–H groups in total. The summed E-state index contributed by atoms with van der Waals surface area (Å²) in [6, 6.07) is 10.5. The highest BCUT2D eigenvalue weighted by Crippen LogP contribution is 2.16. The van der Waals surface area contributed by atoms with Crippen LogP contribution in [0.25, 0.3) is 0 Å². The highest BCUT2D eigenvalue weighted by atomic mass is 32.1. The van der Waals surface area contributed by atoms with Crippen LogP contribution in [0.2, 0.25) is 0 Å².